The van der Waals surface area contributed by atoms with Crippen molar-refractivity contribution in [2.24, 2.45) is 0 Å². The van der Waals surface area contributed by atoms with Crippen LogP contribution in [0, 0.1) is 0 Å². The summed E-state index contributed by atoms with van der Waals surface area (Å²) >= 11 is -1.38. The van der Waals surface area contributed by atoms with Crippen LogP contribution in [0.1, 0.15) is 20.3 Å². The minimum atomic E-state index is -1.38. The molecule has 0 saturated carbocycles. The Morgan fingerprint density at radius 1 is 1.12 bits per heavy atom. The van der Waals surface area contributed by atoms with Crippen LogP contribution < -0.4 is 0 Å². The van der Waals surface area contributed by atoms with E-state index in [4.69, 9.17) is 0 Å². The van der Waals surface area contributed by atoms with Crippen LogP contribution in [0.25, 0.3) is 0 Å². The van der Waals surface area contributed by atoms with E-state index in [1.165, 1.54) is 43.4 Å². The van der Waals surface area contributed by atoms with Gasteiger partial charge < -0.3 is 0 Å². The van der Waals surface area contributed by atoms with Crippen molar-refractivity contribution in [2.45, 2.75) is 24.4 Å². The first-order valence-corrected chi connectivity index (χ1v) is 12.9. The quantitative estimate of drug-likeness (QED) is 0.723. The maximum absolute atomic E-state index is 2.86. The molecule has 0 aromatic rings. The molecule has 1 heterocycles. The Hall–Kier alpha value is 0.750. The summed E-state index contributed by atoms with van der Waals surface area (Å²) < 4.78 is 5.91. The Kier molecular flexibility index (Phi) is 7.37. The molecule has 16 heavy (non-hydrogen) atoms. The summed E-state index contributed by atoms with van der Waals surface area (Å²) in [6, 6.07) is 0. The normalized spacial score (nSPS) is 19.7. The molecule has 0 aromatic heterocycles. The van der Waals surface area contributed by atoms with Crippen LogP contribution >= 0.6 is 0 Å². The van der Waals surface area contributed by atoms with E-state index >= 15 is 0 Å². The number of hydrogen-bond donors (Lipinski definition) is 0. The molecular weight excluding hydrogens is 301 g/mol. The fourth-order valence-corrected chi connectivity index (χ4v) is 12.5. The zero-order valence-corrected chi connectivity index (χ0v) is 14.9. The molecule has 0 radical (unpaired) electrons. The molecule has 3 nitrogen and oxygen atoms in total. The van der Waals surface area contributed by atoms with Crippen LogP contribution in [-0.4, -0.2) is 85.5 Å². The SMILES string of the molecule is CCN1CC[N](CC)[In]([CH2]CCN(C)C)[CH2]1. The van der Waals surface area contributed by atoms with E-state index in [-0.39, 0.29) is 0 Å². The van der Waals surface area contributed by atoms with E-state index in [1.807, 2.05) is 0 Å². The molecule has 4 heteroatoms. The van der Waals surface area contributed by atoms with Gasteiger partial charge in [0.1, 0.15) is 0 Å². The van der Waals surface area contributed by atoms with Crippen LogP contribution in [0.5, 0.6) is 0 Å². The average Bonchev–Trinajstić information content (AvgIpc) is 2.28. The van der Waals surface area contributed by atoms with Crippen molar-refractivity contribution in [3.05, 3.63) is 0 Å². The minimum absolute atomic E-state index is 1.26. The van der Waals surface area contributed by atoms with Gasteiger partial charge in [-0.3, -0.25) is 0 Å². The van der Waals surface area contributed by atoms with Crippen LogP contribution in [-0.2, 0) is 0 Å². The van der Waals surface area contributed by atoms with Crippen LogP contribution in [0.3, 0.4) is 0 Å². The number of nitrogens with zero attached hydrogens (tertiary/aromatic N) is 3. The van der Waals surface area contributed by atoms with Crippen molar-refractivity contribution >= 4 is 21.7 Å². The second-order valence-electron chi connectivity index (χ2n) is 5.12. The summed E-state index contributed by atoms with van der Waals surface area (Å²) in [5.74, 6) is 0. The fraction of sp³-hybridized carbons (Fsp3) is 1.00. The molecule has 94 valence electrons. The molecule has 1 aliphatic rings. The summed E-state index contributed by atoms with van der Waals surface area (Å²) in [6.45, 7) is 11.2. The van der Waals surface area contributed by atoms with Crippen molar-refractivity contribution in [2.75, 3.05) is 51.1 Å². The third-order valence-electron chi connectivity index (χ3n) is 3.68. The van der Waals surface area contributed by atoms with Crippen molar-refractivity contribution in [3.63, 3.8) is 0 Å². The van der Waals surface area contributed by atoms with E-state index in [0.29, 0.717) is 0 Å². The number of rotatable bonds is 6. The van der Waals surface area contributed by atoms with Gasteiger partial charge in [-0.15, -0.1) is 0 Å². The monoisotopic (exact) mass is 329 g/mol. The third-order valence-corrected chi connectivity index (χ3v) is 14.2. The van der Waals surface area contributed by atoms with Crippen molar-refractivity contribution in [1.29, 1.82) is 0 Å². The predicted octanol–water partition coefficient (Wildman–Crippen LogP) is 1.13. The maximum atomic E-state index is 2.86. The molecule has 0 unspecified atom stereocenters. The van der Waals surface area contributed by atoms with E-state index in [2.05, 4.69) is 40.6 Å². The Morgan fingerprint density at radius 2 is 1.88 bits per heavy atom. The van der Waals surface area contributed by atoms with Gasteiger partial charge in [-0.05, 0) is 0 Å². The molecule has 0 bridgehead atoms. The predicted molar refractivity (Wildman–Crippen MR) is 73.1 cm³/mol. The van der Waals surface area contributed by atoms with Crippen molar-refractivity contribution in [3.8, 4) is 0 Å². The topological polar surface area (TPSA) is 9.72 Å². The third kappa shape index (κ3) is 4.94. The summed E-state index contributed by atoms with van der Waals surface area (Å²) in [5.41, 5.74) is 0. The van der Waals surface area contributed by atoms with Gasteiger partial charge in [-0.25, -0.2) is 0 Å². The van der Waals surface area contributed by atoms with Gasteiger partial charge in [0, 0.05) is 0 Å². The van der Waals surface area contributed by atoms with Gasteiger partial charge >= 0.3 is 110 Å². The molecule has 0 N–H and O–H groups in total. The Balaban J connectivity index is 2.33. The zero-order valence-electron chi connectivity index (χ0n) is 11.6. The van der Waals surface area contributed by atoms with Gasteiger partial charge in [-0.1, -0.05) is 0 Å². The average molecular weight is 329 g/mol. The molecule has 0 atom stereocenters. The molecule has 0 amide bonds. The molecule has 0 spiro atoms. The summed E-state index contributed by atoms with van der Waals surface area (Å²) in [6.07, 6.45) is 1.42. The Labute approximate surface area is 110 Å². The first-order valence-electron chi connectivity index (χ1n) is 6.78. The van der Waals surface area contributed by atoms with E-state index < -0.39 is 21.7 Å². The molecule has 1 aliphatic heterocycles. The van der Waals surface area contributed by atoms with E-state index in [0.717, 1.165) is 0 Å². The summed E-state index contributed by atoms with van der Waals surface area (Å²) in [5, 5.41) is 0. The van der Waals surface area contributed by atoms with Gasteiger partial charge in [0.05, 0.1) is 0 Å². The molecule has 1 fully saturated rings. The van der Waals surface area contributed by atoms with E-state index in [9.17, 15) is 0 Å². The van der Waals surface area contributed by atoms with Crippen LogP contribution in [0.15, 0.2) is 0 Å². The summed E-state index contributed by atoms with van der Waals surface area (Å²) in [4.78, 5) is 5.01. The Morgan fingerprint density at radius 3 is 2.44 bits per heavy atom. The second-order valence-corrected chi connectivity index (χ2v) is 13.6. The van der Waals surface area contributed by atoms with Gasteiger partial charge in [0.2, 0.25) is 0 Å². The zero-order chi connectivity index (χ0) is 12.0. The van der Waals surface area contributed by atoms with Crippen LogP contribution in [0.4, 0.5) is 0 Å². The Bertz CT molecular complexity index is 187. The number of likely N-dealkylation sites (N-methyl/N-ethyl adjacent to an activating group) is 2. The molecule has 0 aliphatic carbocycles. The summed E-state index contributed by atoms with van der Waals surface area (Å²) in [7, 11) is 4.37. The van der Waals surface area contributed by atoms with Gasteiger partial charge in [0.25, 0.3) is 0 Å². The van der Waals surface area contributed by atoms with Gasteiger partial charge in [-0.2, -0.15) is 0 Å². The fourth-order valence-electron chi connectivity index (χ4n) is 2.58. The van der Waals surface area contributed by atoms with Crippen molar-refractivity contribution < 1.29 is 0 Å². The van der Waals surface area contributed by atoms with Gasteiger partial charge in [0.15, 0.2) is 0 Å². The second kappa shape index (κ2) is 7.96. The molecule has 1 rings (SSSR count). The van der Waals surface area contributed by atoms with Crippen LogP contribution in [0.2, 0.25) is 4.18 Å². The molecule has 1 saturated heterocycles. The first kappa shape index (κ1) is 14.8. The molecule has 0 aromatic carbocycles. The van der Waals surface area contributed by atoms with Crippen molar-refractivity contribution in [1.82, 2.24) is 12.7 Å². The first-order chi connectivity index (χ1) is 7.67. The molecular formula is C12H28InN3. The van der Waals surface area contributed by atoms with E-state index in [1.54, 1.807) is 4.18 Å². The number of hydrogen-bond acceptors (Lipinski definition) is 3. The standard InChI is InChI=1S/C7H16N2.C5H12N.In/c1-4-8-6-7-9(3)5-2;1-4-5-6(2)3;/h3-7H2,1-2H3;1,4-5H2,2-3H3;/q-1;;+1.